The van der Waals surface area contributed by atoms with Crippen LogP contribution in [0.25, 0.3) is 0 Å². The van der Waals surface area contributed by atoms with E-state index in [0.717, 1.165) is 40.5 Å². The predicted molar refractivity (Wildman–Crippen MR) is 102 cm³/mol. The number of amides is 2. The molecule has 0 bridgehead atoms. The molecular formula is C18H21N3O2S2. The van der Waals surface area contributed by atoms with Gasteiger partial charge in [-0.3, -0.25) is 9.59 Å². The number of nitrogens with zero attached hydrogens (tertiary/aromatic N) is 1. The molecule has 0 saturated heterocycles. The van der Waals surface area contributed by atoms with Gasteiger partial charge in [-0.25, -0.2) is 4.98 Å². The van der Waals surface area contributed by atoms with Gasteiger partial charge in [0.15, 0.2) is 0 Å². The fraction of sp³-hybridized carbons (Fsp3) is 0.389. The molecule has 25 heavy (non-hydrogen) atoms. The number of hydrogen-bond acceptors (Lipinski definition) is 5. The molecule has 0 radical (unpaired) electrons. The number of unbranched alkanes of at least 4 members (excludes halogenated alkanes) is 1. The molecule has 1 aromatic carbocycles. The molecule has 2 amide bonds. The zero-order chi connectivity index (χ0) is 17.6. The van der Waals surface area contributed by atoms with Crippen LogP contribution in [-0.4, -0.2) is 28.6 Å². The number of nitrogens with one attached hydrogen (secondary N) is 2. The van der Waals surface area contributed by atoms with Crippen LogP contribution in [0.5, 0.6) is 0 Å². The number of fused-ring (bicyclic) bond motifs is 1. The van der Waals surface area contributed by atoms with E-state index >= 15 is 0 Å². The van der Waals surface area contributed by atoms with Crippen molar-refractivity contribution in [2.45, 2.75) is 42.8 Å². The molecule has 0 aliphatic carbocycles. The van der Waals surface area contributed by atoms with Crippen LogP contribution in [-0.2, 0) is 16.0 Å². The van der Waals surface area contributed by atoms with Crippen molar-refractivity contribution in [1.29, 1.82) is 0 Å². The second-order valence-corrected chi connectivity index (χ2v) is 8.17. The maximum absolute atomic E-state index is 12.1. The van der Waals surface area contributed by atoms with Crippen LogP contribution in [0.2, 0.25) is 0 Å². The van der Waals surface area contributed by atoms with Crippen LogP contribution in [0.15, 0.2) is 34.5 Å². The Labute approximate surface area is 155 Å². The molecule has 1 aliphatic rings. The zero-order valence-corrected chi connectivity index (χ0v) is 15.7. The number of anilines is 1. The van der Waals surface area contributed by atoms with Gasteiger partial charge in [0.1, 0.15) is 0 Å². The lowest BCUT2D eigenvalue weighted by molar-refractivity contribution is -0.124. The molecule has 0 unspecified atom stereocenters. The summed E-state index contributed by atoms with van der Waals surface area (Å²) in [4.78, 5) is 29.6. The highest BCUT2D eigenvalue weighted by Gasteiger charge is 2.28. The van der Waals surface area contributed by atoms with Gasteiger partial charge in [0.05, 0.1) is 15.9 Å². The van der Waals surface area contributed by atoms with Gasteiger partial charge in [-0.15, -0.1) is 23.1 Å². The third-order valence-corrected chi connectivity index (χ3v) is 6.19. The smallest absolute Gasteiger partial charge is 0.238 e. The summed E-state index contributed by atoms with van der Waals surface area (Å²) in [6.45, 7) is 2.64. The van der Waals surface area contributed by atoms with Crippen molar-refractivity contribution >= 4 is 40.6 Å². The molecule has 2 heterocycles. The van der Waals surface area contributed by atoms with E-state index in [1.165, 1.54) is 11.8 Å². The first-order valence-electron chi connectivity index (χ1n) is 8.36. The van der Waals surface area contributed by atoms with Gasteiger partial charge in [-0.1, -0.05) is 12.1 Å². The quantitative estimate of drug-likeness (QED) is 0.728. The van der Waals surface area contributed by atoms with Crippen LogP contribution in [0.1, 0.15) is 30.0 Å². The minimum absolute atomic E-state index is 0.0721. The van der Waals surface area contributed by atoms with E-state index in [-0.39, 0.29) is 23.5 Å². The highest BCUT2D eigenvalue weighted by molar-refractivity contribution is 8.01. The van der Waals surface area contributed by atoms with Gasteiger partial charge in [0.2, 0.25) is 11.8 Å². The van der Waals surface area contributed by atoms with Crippen LogP contribution < -0.4 is 10.6 Å². The lowest BCUT2D eigenvalue weighted by Crippen LogP contribution is -2.35. The van der Waals surface area contributed by atoms with Gasteiger partial charge in [0, 0.05) is 28.9 Å². The molecule has 2 N–H and O–H groups in total. The number of benzene rings is 1. The molecule has 2 aromatic rings. The number of para-hydroxylation sites is 1. The van der Waals surface area contributed by atoms with E-state index in [4.69, 9.17) is 0 Å². The van der Waals surface area contributed by atoms with Crippen molar-refractivity contribution in [2.75, 3.05) is 11.9 Å². The number of hydrogen-bond donors (Lipinski definition) is 2. The Kier molecular flexibility index (Phi) is 6.09. The fourth-order valence-electron chi connectivity index (χ4n) is 2.61. The molecule has 7 heteroatoms. The highest BCUT2D eigenvalue weighted by atomic mass is 32.2. The largest absolute Gasteiger partial charge is 0.356 e. The van der Waals surface area contributed by atoms with Crippen LogP contribution in [0.4, 0.5) is 5.69 Å². The molecule has 0 saturated carbocycles. The van der Waals surface area contributed by atoms with E-state index < -0.39 is 0 Å². The Bertz CT molecular complexity index is 760. The number of rotatable bonds is 7. The van der Waals surface area contributed by atoms with Crippen molar-refractivity contribution in [2.24, 2.45) is 0 Å². The normalized spacial score (nSPS) is 16.2. The second kappa shape index (κ2) is 8.49. The van der Waals surface area contributed by atoms with Gasteiger partial charge in [-0.2, -0.15) is 0 Å². The van der Waals surface area contributed by atoms with Gasteiger partial charge >= 0.3 is 0 Å². The monoisotopic (exact) mass is 375 g/mol. The summed E-state index contributed by atoms with van der Waals surface area (Å²) in [5.41, 5.74) is 1.89. The number of thiazole rings is 1. The second-order valence-electron chi connectivity index (χ2n) is 5.99. The highest BCUT2D eigenvalue weighted by Crippen LogP contribution is 2.36. The Morgan fingerprint density at radius 1 is 1.32 bits per heavy atom. The first-order chi connectivity index (χ1) is 12.1. The van der Waals surface area contributed by atoms with Gasteiger partial charge in [0.25, 0.3) is 0 Å². The molecule has 1 aromatic heterocycles. The number of aryl methyl sites for hydroxylation is 2. The summed E-state index contributed by atoms with van der Waals surface area (Å²) < 4.78 is 0. The van der Waals surface area contributed by atoms with Crippen molar-refractivity contribution in [3.05, 3.63) is 40.3 Å². The minimum atomic E-state index is -0.367. The zero-order valence-electron chi connectivity index (χ0n) is 14.1. The molecule has 1 atom stereocenters. The lowest BCUT2D eigenvalue weighted by Gasteiger charge is -2.23. The lowest BCUT2D eigenvalue weighted by atomic mass is 10.2. The van der Waals surface area contributed by atoms with E-state index in [1.807, 2.05) is 31.2 Å². The molecule has 0 spiro atoms. The van der Waals surface area contributed by atoms with Crippen molar-refractivity contribution < 1.29 is 9.59 Å². The Balaban J connectivity index is 1.37. The molecule has 0 fully saturated rings. The third-order valence-electron chi connectivity index (χ3n) is 3.88. The van der Waals surface area contributed by atoms with Crippen LogP contribution in [0, 0.1) is 6.92 Å². The molecule has 5 nitrogen and oxygen atoms in total. The van der Waals surface area contributed by atoms with E-state index in [2.05, 4.69) is 21.0 Å². The predicted octanol–water partition coefficient (Wildman–Crippen LogP) is 3.39. The van der Waals surface area contributed by atoms with Gasteiger partial charge < -0.3 is 10.6 Å². The number of thioether (sulfide) groups is 1. The summed E-state index contributed by atoms with van der Waals surface area (Å²) in [7, 11) is 0. The number of carbonyl (C=O) groups excluding carboxylic acids is 2. The van der Waals surface area contributed by atoms with Crippen molar-refractivity contribution in [3.8, 4) is 0 Å². The number of aromatic nitrogens is 1. The summed E-state index contributed by atoms with van der Waals surface area (Å²) in [6.07, 6.45) is 3.07. The summed E-state index contributed by atoms with van der Waals surface area (Å²) >= 11 is 3.14. The maximum Gasteiger partial charge on any atom is 0.238 e. The summed E-state index contributed by atoms with van der Waals surface area (Å²) in [6, 6.07) is 7.66. The van der Waals surface area contributed by atoms with Crippen LogP contribution in [0.3, 0.4) is 0 Å². The standard InChI is InChI=1S/C18H21N3O2S2/c1-12-11-24-17(20-12)8-4-5-9-19-16(22)10-15-18(23)21-13-6-2-3-7-14(13)25-15/h2-3,6-7,11,15H,4-5,8-10H2,1H3,(H,19,22)(H,21,23)/t15-/m0/s1. The van der Waals surface area contributed by atoms with Crippen LogP contribution >= 0.6 is 23.1 Å². The van der Waals surface area contributed by atoms with Crippen molar-refractivity contribution in [1.82, 2.24) is 10.3 Å². The molecule has 3 rings (SSSR count). The Morgan fingerprint density at radius 2 is 2.16 bits per heavy atom. The van der Waals surface area contributed by atoms with E-state index in [0.29, 0.717) is 6.54 Å². The SMILES string of the molecule is Cc1csc(CCCCNC(=O)C[C@@H]2Sc3ccccc3NC2=O)n1. The molecule has 1 aliphatic heterocycles. The number of carbonyl (C=O) groups is 2. The average molecular weight is 376 g/mol. The van der Waals surface area contributed by atoms with Crippen molar-refractivity contribution in [3.63, 3.8) is 0 Å². The first kappa shape index (κ1) is 17.9. The Hall–Kier alpha value is -1.86. The minimum Gasteiger partial charge on any atom is -0.356 e. The Morgan fingerprint density at radius 3 is 2.96 bits per heavy atom. The maximum atomic E-state index is 12.1. The van der Waals surface area contributed by atoms with E-state index in [1.54, 1.807) is 11.3 Å². The average Bonchev–Trinajstić information content (AvgIpc) is 3.00. The topological polar surface area (TPSA) is 71.1 Å². The molecule has 132 valence electrons. The fourth-order valence-corrected chi connectivity index (χ4v) is 4.54. The molecular weight excluding hydrogens is 354 g/mol. The van der Waals surface area contributed by atoms with Gasteiger partial charge in [-0.05, 0) is 38.3 Å². The first-order valence-corrected chi connectivity index (χ1v) is 10.1. The summed E-state index contributed by atoms with van der Waals surface area (Å²) in [5.74, 6) is -0.171. The third kappa shape index (κ3) is 5.06. The summed E-state index contributed by atoms with van der Waals surface area (Å²) in [5, 5.41) is 8.62. The van der Waals surface area contributed by atoms with E-state index in [9.17, 15) is 9.59 Å².